The molecule has 1 aromatic rings. The normalized spacial score (nSPS) is 18.0. The van der Waals surface area contributed by atoms with Crippen molar-refractivity contribution in [1.29, 1.82) is 0 Å². The van der Waals surface area contributed by atoms with E-state index in [-0.39, 0.29) is 18.0 Å². The zero-order valence-corrected chi connectivity index (χ0v) is 13.7. The van der Waals surface area contributed by atoms with E-state index < -0.39 is 0 Å². The Kier molecular flexibility index (Phi) is 6.00. The summed E-state index contributed by atoms with van der Waals surface area (Å²) in [5.41, 5.74) is 1.13. The molecule has 0 saturated heterocycles. The highest BCUT2D eigenvalue weighted by molar-refractivity contribution is 9.10. The number of methoxy groups -OCH3 is 1. The van der Waals surface area contributed by atoms with Crippen molar-refractivity contribution in [2.24, 2.45) is 5.92 Å². The molecule has 4 heteroatoms. The van der Waals surface area contributed by atoms with Crippen molar-refractivity contribution in [2.45, 2.75) is 44.8 Å². The van der Waals surface area contributed by atoms with Gasteiger partial charge in [-0.25, -0.2) is 4.39 Å². The third-order valence-electron chi connectivity index (χ3n) is 3.87. The number of hydrogen-bond donors (Lipinski definition) is 1. The fourth-order valence-electron chi connectivity index (χ4n) is 2.67. The summed E-state index contributed by atoms with van der Waals surface area (Å²) in [6, 6.07) is 5.20. The first-order chi connectivity index (χ1) is 9.65. The van der Waals surface area contributed by atoms with Crippen LogP contribution in [0.3, 0.4) is 0 Å². The molecule has 1 saturated carbocycles. The molecule has 0 bridgehead atoms. The minimum atomic E-state index is -0.204. The van der Waals surface area contributed by atoms with E-state index in [1.807, 2.05) is 6.07 Å². The second-order valence-corrected chi connectivity index (χ2v) is 6.39. The van der Waals surface area contributed by atoms with E-state index in [1.54, 1.807) is 7.11 Å². The predicted molar refractivity (Wildman–Crippen MR) is 83.4 cm³/mol. The maximum atomic E-state index is 13.2. The maximum Gasteiger partial charge on any atom is 0.124 e. The molecule has 0 heterocycles. The number of rotatable bonds is 8. The zero-order valence-electron chi connectivity index (χ0n) is 12.2. The first-order valence-corrected chi connectivity index (χ1v) is 8.15. The molecule has 20 heavy (non-hydrogen) atoms. The van der Waals surface area contributed by atoms with Crippen LogP contribution in [0.15, 0.2) is 22.7 Å². The summed E-state index contributed by atoms with van der Waals surface area (Å²) in [7, 11) is 1.79. The molecule has 0 aromatic heterocycles. The molecule has 0 aliphatic heterocycles. The Morgan fingerprint density at radius 3 is 2.75 bits per heavy atom. The second kappa shape index (κ2) is 7.53. The average molecular weight is 344 g/mol. The van der Waals surface area contributed by atoms with Gasteiger partial charge in [0, 0.05) is 17.6 Å². The van der Waals surface area contributed by atoms with E-state index in [9.17, 15) is 4.39 Å². The molecule has 0 amide bonds. The Morgan fingerprint density at radius 1 is 1.45 bits per heavy atom. The minimum absolute atomic E-state index is 0.204. The van der Waals surface area contributed by atoms with E-state index in [1.165, 1.54) is 25.0 Å². The lowest BCUT2D eigenvalue weighted by atomic mass is 9.98. The van der Waals surface area contributed by atoms with Crippen LogP contribution >= 0.6 is 15.9 Å². The Labute approximate surface area is 129 Å². The SMILES string of the molecule is CCCNC(Cc1ccc(F)cc1Br)C(OC)C1CC1. The Balaban J connectivity index is 2.09. The standard InChI is InChI=1S/C16H23BrFNO/c1-3-8-19-15(16(20-2)11-4-5-11)9-12-6-7-13(18)10-14(12)17/h6-7,10-11,15-16,19H,3-5,8-9H2,1-2H3. The lowest BCUT2D eigenvalue weighted by Gasteiger charge is -2.27. The fraction of sp³-hybridized carbons (Fsp3) is 0.625. The number of benzene rings is 1. The molecule has 112 valence electrons. The smallest absolute Gasteiger partial charge is 0.124 e. The van der Waals surface area contributed by atoms with Crippen molar-refractivity contribution >= 4 is 15.9 Å². The van der Waals surface area contributed by atoms with E-state index in [0.717, 1.165) is 29.4 Å². The van der Waals surface area contributed by atoms with Crippen LogP contribution in [0.5, 0.6) is 0 Å². The second-order valence-electron chi connectivity index (χ2n) is 5.54. The summed E-state index contributed by atoms with van der Waals surface area (Å²) < 4.78 is 19.7. The number of nitrogens with one attached hydrogen (secondary N) is 1. The molecule has 1 aliphatic carbocycles. The van der Waals surface area contributed by atoms with Gasteiger partial charge in [0.1, 0.15) is 5.82 Å². The third-order valence-corrected chi connectivity index (χ3v) is 4.61. The molecular weight excluding hydrogens is 321 g/mol. The molecule has 1 aromatic carbocycles. The van der Waals surface area contributed by atoms with Crippen molar-refractivity contribution < 1.29 is 9.13 Å². The first-order valence-electron chi connectivity index (χ1n) is 7.35. The highest BCUT2D eigenvalue weighted by Gasteiger charge is 2.36. The van der Waals surface area contributed by atoms with Gasteiger partial charge in [0.05, 0.1) is 6.10 Å². The highest BCUT2D eigenvalue weighted by atomic mass is 79.9. The molecule has 2 unspecified atom stereocenters. The van der Waals surface area contributed by atoms with Crippen LogP contribution < -0.4 is 5.32 Å². The van der Waals surface area contributed by atoms with Crippen LogP contribution in [0.2, 0.25) is 0 Å². The largest absolute Gasteiger partial charge is 0.380 e. The summed E-state index contributed by atoms with van der Waals surface area (Å²) in [5, 5.41) is 3.59. The van der Waals surface area contributed by atoms with Crippen molar-refractivity contribution in [2.75, 3.05) is 13.7 Å². The highest BCUT2D eigenvalue weighted by Crippen LogP contribution is 2.36. The van der Waals surface area contributed by atoms with Crippen molar-refractivity contribution in [3.63, 3.8) is 0 Å². The van der Waals surface area contributed by atoms with Gasteiger partial charge in [-0.1, -0.05) is 28.9 Å². The molecule has 2 atom stereocenters. The van der Waals surface area contributed by atoms with Crippen molar-refractivity contribution in [3.05, 3.63) is 34.1 Å². The van der Waals surface area contributed by atoms with Gasteiger partial charge in [0.15, 0.2) is 0 Å². The Hall–Kier alpha value is -0.450. The van der Waals surface area contributed by atoms with Crippen LogP contribution in [-0.4, -0.2) is 25.8 Å². The molecule has 0 radical (unpaired) electrons. The summed E-state index contributed by atoms with van der Waals surface area (Å²) in [4.78, 5) is 0. The van der Waals surface area contributed by atoms with Crippen LogP contribution in [-0.2, 0) is 11.2 Å². The van der Waals surface area contributed by atoms with Gasteiger partial charge >= 0.3 is 0 Å². The summed E-state index contributed by atoms with van der Waals surface area (Å²) in [6.07, 6.45) is 4.72. The van der Waals surface area contributed by atoms with Crippen molar-refractivity contribution in [3.8, 4) is 0 Å². The summed E-state index contributed by atoms with van der Waals surface area (Å²) in [6.45, 7) is 3.15. The summed E-state index contributed by atoms with van der Waals surface area (Å²) in [5.74, 6) is 0.470. The monoisotopic (exact) mass is 343 g/mol. The van der Waals surface area contributed by atoms with Crippen LogP contribution in [0.25, 0.3) is 0 Å². The van der Waals surface area contributed by atoms with Gasteiger partial charge in [-0.2, -0.15) is 0 Å². The number of hydrogen-bond acceptors (Lipinski definition) is 2. The van der Waals surface area contributed by atoms with E-state index in [2.05, 4.69) is 28.2 Å². The predicted octanol–water partition coefficient (Wildman–Crippen LogP) is 3.92. The maximum absolute atomic E-state index is 13.2. The average Bonchev–Trinajstić information content (AvgIpc) is 3.24. The Morgan fingerprint density at radius 2 is 2.20 bits per heavy atom. The quantitative estimate of drug-likeness (QED) is 0.772. The molecule has 0 spiro atoms. The zero-order chi connectivity index (χ0) is 14.5. The first kappa shape index (κ1) is 15.9. The Bertz CT molecular complexity index is 436. The topological polar surface area (TPSA) is 21.3 Å². The fourth-order valence-corrected chi connectivity index (χ4v) is 3.18. The van der Waals surface area contributed by atoms with Crippen LogP contribution in [0.4, 0.5) is 4.39 Å². The third kappa shape index (κ3) is 4.27. The summed E-state index contributed by atoms with van der Waals surface area (Å²) >= 11 is 3.46. The number of halogens is 2. The molecule has 2 nitrogen and oxygen atoms in total. The van der Waals surface area contributed by atoms with Gasteiger partial charge in [-0.3, -0.25) is 0 Å². The van der Waals surface area contributed by atoms with E-state index >= 15 is 0 Å². The van der Waals surface area contributed by atoms with Gasteiger partial charge < -0.3 is 10.1 Å². The minimum Gasteiger partial charge on any atom is -0.380 e. The van der Waals surface area contributed by atoms with Gasteiger partial charge in [0.25, 0.3) is 0 Å². The lowest BCUT2D eigenvalue weighted by molar-refractivity contribution is 0.0510. The van der Waals surface area contributed by atoms with Gasteiger partial charge in [-0.15, -0.1) is 0 Å². The molecule has 1 N–H and O–H groups in total. The van der Waals surface area contributed by atoms with Crippen molar-refractivity contribution in [1.82, 2.24) is 5.32 Å². The molecular formula is C16H23BrFNO. The lowest BCUT2D eigenvalue weighted by Crippen LogP contribution is -2.44. The van der Waals surface area contributed by atoms with E-state index in [0.29, 0.717) is 5.92 Å². The molecule has 1 fully saturated rings. The molecule has 1 aliphatic rings. The molecule has 2 rings (SSSR count). The van der Waals surface area contributed by atoms with E-state index in [4.69, 9.17) is 4.74 Å². The van der Waals surface area contributed by atoms with Gasteiger partial charge in [-0.05, 0) is 55.8 Å². The number of ether oxygens (including phenoxy) is 1. The van der Waals surface area contributed by atoms with Crippen LogP contribution in [0.1, 0.15) is 31.7 Å². The van der Waals surface area contributed by atoms with Crippen LogP contribution in [0, 0.1) is 11.7 Å². The van der Waals surface area contributed by atoms with Gasteiger partial charge in [0.2, 0.25) is 0 Å².